The van der Waals surface area contributed by atoms with E-state index < -0.39 is 0 Å². The molecule has 0 amide bonds. The standard InChI is InChI=1S/C17H18N2O/c1-20-17-11-6-5-8-15(17)14-19(13-7-12-18)16-9-3-2-4-10-16/h2-6,8-11H,7,13-14H2,1H3. The summed E-state index contributed by atoms with van der Waals surface area (Å²) in [5.41, 5.74) is 2.24. The Labute approximate surface area is 120 Å². The van der Waals surface area contributed by atoms with Crippen LogP contribution in [0, 0.1) is 11.3 Å². The van der Waals surface area contributed by atoms with Gasteiger partial charge in [-0.25, -0.2) is 0 Å². The van der Waals surface area contributed by atoms with E-state index in [0.29, 0.717) is 13.0 Å². The number of anilines is 1. The van der Waals surface area contributed by atoms with Gasteiger partial charge >= 0.3 is 0 Å². The van der Waals surface area contributed by atoms with Gasteiger partial charge < -0.3 is 9.64 Å². The highest BCUT2D eigenvalue weighted by Gasteiger charge is 2.10. The van der Waals surface area contributed by atoms with Crippen LogP contribution in [0.3, 0.4) is 0 Å². The molecule has 0 bridgehead atoms. The van der Waals surface area contributed by atoms with Crippen molar-refractivity contribution in [3.63, 3.8) is 0 Å². The first-order valence-corrected chi connectivity index (χ1v) is 6.64. The van der Waals surface area contributed by atoms with Crippen LogP contribution in [0.25, 0.3) is 0 Å². The van der Waals surface area contributed by atoms with E-state index in [1.165, 1.54) is 0 Å². The first-order chi connectivity index (χ1) is 9.85. The average molecular weight is 266 g/mol. The Morgan fingerprint density at radius 2 is 1.75 bits per heavy atom. The van der Waals surface area contributed by atoms with Gasteiger partial charge in [-0.05, 0) is 18.2 Å². The number of para-hydroxylation sites is 2. The summed E-state index contributed by atoms with van der Waals surface area (Å²) >= 11 is 0. The fraction of sp³-hybridized carbons (Fsp3) is 0.235. The molecule has 2 aromatic carbocycles. The van der Waals surface area contributed by atoms with E-state index in [1.54, 1.807) is 7.11 Å². The fourth-order valence-corrected chi connectivity index (χ4v) is 2.16. The van der Waals surface area contributed by atoms with Gasteiger partial charge in [0.25, 0.3) is 0 Å². The molecule has 0 N–H and O–H groups in total. The number of benzene rings is 2. The number of hydrogen-bond acceptors (Lipinski definition) is 3. The van der Waals surface area contributed by atoms with Gasteiger partial charge in [0.2, 0.25) is 0 Å². The topological polar surface area (TPSA) is 36.3 Å². The van der Waals surface area contributed by atoms with Crippen LogP contribution in [-0.4, -0.2) is 13.7 Å². The molecule has 3 heteroatoms. The van der Waals surface area contributed by atoms with Crippen molar-refractivity contribution in [2.45, 2.75) is 13.0 Å². The second kappa shape index (κ2) is 7.20. The summed E-state index contributed by atoms with van der Waals surface area (Å²) in [6.07, 6.45) is 0.504. The normalized spacial score (nSPS) is 9.80. The third-order valence-electron chi connectivity index (χ3n) is 3.17. The van der Waals surface area contributed by atoms with Gasteiger partial charge in [0.05, 0.1) is 19.6 Å². The molecule has 0 fully saturated rings. The SMILES string of the molecule is COc1ccccc1CN(CCC#N)c1ccccc1. The van der Waals surface area contributed by atoms with Gasteiger partial charge in [-0.2, -0.15) is 5.26 Å². The summed E-state index contributed by atoms with van der Waals surface area (Å²) in [7, 11) is 1.68. The lowest BCUT2D eigenvalue weighted by atomic mass is 10.1. The molecular weight excluding hydrogens is 248 g/mol. The molecule has 2 rings (SSSR count). The highest BCUT2D eigenvalue weighted by atomic mass is 16.5. The van der Waals surface area contributed by atoms with Crippen LogP contribution in [0.2, 0.25) is 0 Å². The molecule has 20 heavy (non-hydrogen) atoms. The summed E-state index contributed by atoms with van der Waals surface area (Å²) < 4.78 is 5.39. The van der Waals surface area contributed by atoms with Gasteiger partial charge in [0, 0.05) is 24.3 Å². The number of ether oxygens (including phenoxy) is 1. The molecule has 0 saturated carbocycles. The van der Waals surface area contributed by atoms with E-state index in [4.69, 9.17) is 10.00 Å². The Morgan fingerprint density at radius 3 is 2.45 bits per heavy atom. The minimum absolute atomic E-state index is 0.504. The molecule has 0 aromatic heterocycles. The van der Waals surface area contributed by atoms with Crippen molar-refractivity contribution >= 4 is 5.69 Å². The molecule has 0 aliphatic carbocycles. The monoisotopic (exact) mass is 266 g/mol. The molecule has 0 saturated heterocycles. The summed E-state index contributed by atoms with van der Waals surface area (Å²) in [6.45, 7) is 1.44. The Balaban J connectivity index is 2.22. The Hall–Kier alpha value is -2.47. The lowest BCUT2D eigenvalue weighted by Crippen LogP contribution is -2.23. The summed E-state index contributed by atoms with van der Waals surface area (Å²) in [4.78, 5) is 2.20. The van der Waals surface area contributed by atoms with Crippen molar-refractivity contribution in [3.05, 3.63) is 60.2 Å². The van der Waals surface area contributed by atoms with Crippen LogP contribution in [0.5, 0.6) is 5.75 Å². The molecule has 0 aliphatic rings. The molecule has 0 atom stereocenters. The van der Waals surface area contributed by atoms with E-state index in [2.05, 4.69) is 29.2 Å². The number of nitrogens with zero attached hydrogens (tertiary/aromatic N) is 2. The smallest absolute Gasteiger partial charge is 0.123 e. The zero-order chi connectivity index (χ0) is 14.2. The van der Waals surface area contributed by atoms with Gasteiger partial charge in [-0.1, -0.05) is 36.4 Å². The number of methoxy groups -OCH3 is 1. The van der Waals surface area contributed by atoms with Crippen molar-refractivity contribution in [1.29, 1.82) is 5.26 Å². The van der Waals surface area contributed by atoms with E-state index in [-0.39, 0.29) is 0 Å². The van der Waals surface area contributed by atoms with Gasteiger partial charge in [0.15, 0.2) is 0 Å². The fourth-order valence-electron chi connectivity index (χ4n) is 2.16. The zero-order valence-electron chi connectivity index (χ0n) is 11.6. The van der Waals surface area contributed by atoms with Gasteiger partial charge in [-0.15, -0.1) is 0 Å². The van der Waals surface area contributed by atoms with Crippen molar-refractivity contribution in [3.8, 4) is 11.8 Å². The summed E-state index contributed by atoms with van der Waals surface area (Å²) in [5, 5.41) is 8.83. The maximum Gasteiger partial charge on any atom is 0.123 e. The first-order valence-electron chi connectivity index (χ1n) is 6.64. The van der Waals surface area contributed by atoms with Crippen molar-refractivity contribution < 1.29 is 4.74 Å². The minimum atomic E-state index is 0.504. The molecule has 0 aliphatic heterocycles. The third kappa shape index (κ3) is 3.52. The molecule has 2 aromatic rings. The highest BCUT2D eigenvalue weighted by Crippen LogP contribution is 2.23. The predicted molar refractivity (Wildman–Crippen MR) is 80.7 cm³/mol. The van der Waals surface area contributed by atoms with Crippen LogP contribution in [0.15, 0.2) is 54.6 Å². The molecular formula is C17H18N2O. The van der Waals surface area contributed by atoms with E-state index in [1.807, 2.05) is 36.4 Å². The predicted octanol–water partition coefficient (Wildman–Crippen LogP) is 3.62. The number of nitriles is 1. The minimum Gasteiger partial charge on any atom is -0.496 e. The Kier molecular flexibility index (Phi) is 5.02. The summed E-state index contributed by atoms with van der Waals surface area (Å²) in [5.74, 6) is 0.880. The number of rotatable bonds is 6. The second-order valence-corrected chi connectivity index (χ2v) is 4.48. The Bertz CT molecular complexity index is 575. The maximum atomic E-state index is 8.83. The van der Waals surface area contributed by atoms with E-state index in [0.717, 1.165) is 23.5 Å². The molecule has 3 nitrogen and oxygen atoms in total. The maximum absolute atomic E-state index is 8.83. The molecule has 0 heterocycles. The van der Waals surface area contributed by atoms with E-state index in [9.17, 15) is 0 Å². The van der Waals surface area contributed by atoms with Crippen LogP contribution in [0.1, 0.15) is 12.0 Å². The van der Waals surface area contributed by atoms with Crippen molar-refractivity contribution in [2.75, 3.05) is 18.6 Å². The second-order valence-electron chi connectivity index (χ2n) is 4.48. The lowest BCUT2D eigenvalue weighted by Gasteiger charge is -2.24. The quantitative estimate of drug-likeness (QED) is 0.801. The van der Waals surface area contributed by atoms with E-state index >= 15 is 0 Å². The number of hydrogen-bond donors (Lipinski definition) is 0. The van der Waals surface area contributed by atoms with Gasteiger partial charge in [0.1, 0.15) is 5.75 Å². The highest BCUT2D eigenvalue weighted by molar-refractivity contribution is 5.48. The summed E-state index contributed by atoms with van der Waals surface area (Å²) in [6, 6.07) is 20.3. The molecule has 0 unspecified atom stereocenters. The van der Waals surface area contributed by atoms with Crippen molar-refractivity contribution in [1.82, 2.24) is 0 Å². The Morgan fingerprint density at radius 1 is 1.05 bits per heavy atom. The van der Waals surface area contributed by atoms with Crippen molar-refractivity contribution in [2.24, 2.45) is 0 Å². The molecule has 0 radical (unpaired) electrons. The average Bonchev–Trinajstić information content (AvgIpc) is 2.52. The van der Waals surface area contributed by atoms with Crippen LogP contribution in [0.4, 0.5) is 5.69 Å². The van der Waals surface area contributed by atoms with Crippen LogP contribution in [-0.2, 0) is 6.54 Å². The van der Waals surface area contributed by atoms with Gasteiger partial charge in [-0.3, -0.25) is 0 Å². The zero-order valence-corrected chi connectivity index (χ0v) is 11.6. The molecule has 102 valence electrons. The third-order valence-corrected chi connectivity index (χ3v) is 3.17. The first kappa shape index (κ1) is 14.0. The van der Waals surface area contributed by atoms with Crippen LogP contribution < -0.4 is 9.64 Å². The largest absolute Gasteiger partial charge is 0.496 e. The lowest BCUT2D eigenvalue weighted by molar-refractivity contribution is 0.409. The molecule has 0 spiro atoms. The van der Waals surface area contributed by atoms with Crippen LogP contribution >= 0.6 is 0 Å².